The molecule has 1 saturated heterocycles. The molecule has 8 nitrogen and oxygen atoms in total. The third-order valence-corrected chi connectivity index (χ3v) is 6.40. The standard InChI is InChI=1S/C23H28N4O4S/c1-17(2)31-23(28)27-14-7-12-21(26-32(29,30)15-13-24)22(27)16-19-10-6-11-20(25-19)18-8-4-3-5-9-18/h3-6,8-11,17,21-22,26H,7,12,14-16H2,1-2H3/t21-,22-/m0/s1. The summed E-state index contributed by atoms with van der Waals surface area (Å²) in [5.41, 5.74) is 2.52. The predicted molar refractivity (Wildman–Crippen MR) is 121 cm³/mol. The van der Waals surface area contributed by atoms with Gasteiger partial charge in [0.05, 0.1) is 23.9 Å². The minimum atomic E-state index is -3.79. The molecule has 0 saturated carbocycles. The van der Waals surface area contributed by atoms with Crippen molar-refractivity contribution in [3.8, 4) is 17.3 Å². The first-order valence-corrected chi connectivity index (χ1v) is 12.3. The second-order valence-electron chi connectivity index (χ2n) is 8.06. The summed E-state index contributed by atoms with van der Waals surface area (Å²) in [7, 11) is -3.79. The maximum atomic E-state index is 12.8. The van der Waals surface area contributed by atoms with Gasteiger partial charge in [0.2, 0.25) is 10.0 Å². The van der Waals surface area contributed by atoms with Crippen LogP contribution in [0.1, 0.15) is 32.4 Å². The van der Waals surface area contributed by atoms with Crippen LogP contribution in [0.3, 0.4) is 0 Å². The molecule has 0 spiro atoms. The number of amides is 1. The number of nitriles is 1. The van der Waals surface area contributed by atoms with Gasteiger partial charge in [0.1, 0.15) is 0 Å². The number of sulfonamides is 1. The summed E-state index contributed by atoms with van der Waals surface area (Å²) in [5, 5.41) is 8.85. The molecule has 9 heteroatoms. The lowest BCUT2D eigenvalue weighted by atomic mass is 9.93. The normalized spacial score (nSPS) is 18.9. The molecule has 1 N–H and O–H groups in total. The third-order valence-electron chi connectivity index (χ3n) is 5.23. The van der Waals surface area contributed by atoms with Crippen LogP contribution in [0.4, 0.5) is 4.79 Å². The molecule has 2 heterocycles. The van der Waals surface area contributed by atoms with Gasteiger partial charge in [-0.05, 0) is 38.8 Å². The Labute approximate surface area is 189 Å². The summed E-state index contributed by atoms with van der Waals surface area (Å²) >= 11 is 0. The van der Waals surface area contributed by atoms with Gasteiger partial charge < -0.3 is 9.64 Å². The van der Waals surface area contributed by atoms with E-state index in [0.717, 1.165) is 17.0 Å². The van der Waals surface area contributed by atoms with E-state index in [1.54, 1.807) is 24.8 Å². The van der Waals surface area contributed by atoms with Crippen molar-refractivity contribution in [2.45, 2.75) is 51.3 Å². The minimum Gasteiger partial charge on any atom is -0.447 e. The summed E-state index contributed by atoms with van der Waals surface area (Å²) in [5.74, 6) is -0.631. The van der Waals surface area contributed by atoms with Gasteiger partial charge in [0.15, 0.2) is 5.75 Å². The summed E-state index contributed by atoms with van der Waals surface area (Å²) in [6.07, 6.45) is 0.764. The number of aromatic nitrogens is 1. The van der Waals surface area contributed by atoms with Crippen molar-refractivity contribution < 1.29 is 17.9 Å². The number of hydrogen-bond donors (Lipinski definition) is 1. The highest BCUT2D eigenvalue weighted by molar-refractivity contribution is 7.89. The lowest BCUT2D eigenvalue weighted by Crippen LogP contribution is -2.58. The summed E-state index contributed by atoms with van der Waals surface area (Å²) in [4.78, 5) is 19.1. The van der Waals surface area contributed by atoms with E-state index in [1.165, 1.54) is 0 Å². The van der Waals surface area contributed by atoms with Crippen molar-refractivity contribution in [1.29, 1.82) is 5.26 Å². The van der Waals surface area contributed by atoms with Gasteiger partial charge in [-0.15, -0.1) is 0 Å². The first kappa shape index (κ1) is 23.7. The number of hydrogen-bond acceptors (Lipinski definition) is 6. The highest BCUT2D eigenvalue weighted by atomic mass is 32.2. The highest BCUT2D eigenvalue weighted by Crippen LogP contribution is 2.24. The predicted octanol–water partition coefficient (Wildman–Crippen LogP) is 3.11. The second kappa shape index (κ2) is 10.6. The average molecular weight is 457 g/mol. The van der Waals surface area contributed by atoms with Crippen LogP contribution in [-0.2, 0) is 21.2 Å². The molecule has 1 amide bonds. The van der Waals surface area contributed by atoms with E-state index in [9.17, 15) is 13.2 Å². The molecule has 3 rings (SSSR count). The molecule has 0 unspecified atom stereocenters. The summed E-state index contributed by atoms with van der Waals surface area (Å²) < 4.78 is 32.6. The molecule has 0 aliphatic carbocycles. The van der Waals surface area contributed by atoms with Gasteiger partial charge in [-0.25, -0.2) is 17.9 Å². The van der Waals surface area contributed by atoms with E-state index < -0.39 is 34.0 Å². The van der Waals surface area contributed by atoms with E-state index in [0.29, 0.717) is 25.8 Å². The Hall–Kier alpha value is -2.96. The van der Waals surface area contributed by atoms with Crippen LogP contribution >= 0.6 is 0 Å². The lowest BCUT2D eigenvalue weighted by molar-refractivity contribution is 0.0459. The van der Waals surface area contributed by atoms with Gasteiger partial charge in [0, 0.05) is 30.3 Å². The fourth-order valence-electron chi connectivity index (χ4n) is 3.88. The number of piperidine rings is 1. The molecule has 2 aromatic rings. The smallest absolute Gasteiger partial charge is 0.410 e. The average Bonchev–Trinajstić information content (AvgIpc) is 2.75. The lowest BCUT2D eigenvalue weighted by Gasteiger charge is -2.41. The zero-order valence-electron chi connectivity index (χ0n) is 18.3. The zero-order chi connectivity index (χ0) is 23.1. The van der Waals surface area contributed by atoms with E-state index in [2.05, 4.69) is 4.72 Å². The van der Waals surface area contributed by atoms with Crippen molar-refractivity contribution in [2.75, 3.05) is 12.3 Å². The topological polar surface area (TPSA) is 112 Å². The molecule has 1 aromatic heterocycles. The Morgan fingerprint density at radius 1 is 1.25 bits per heavy atom. The fraction of sp³-hybridized carbons (Fsp3) is 0.435. The van der Waals surface area contributed by atoms with E-state index in [-0.39, 0.29) is 6.10 Å². The van der Waals surface area contributed by atoms with Crippen LogP contribution in [0.15, 0.2) is 48.5 Å². The Kier molecular flexibility index (Phi) is 7.83. The first-order valence-electron chi connectivity index (χ1n) is 10.6. The van der Waals surface area contributed by atoms with Crippen molar-refractivity contribution in [3.63, 3.8) is 0 Å². The molecule has 1 aliphatic rings. The van der Waals surface area contributed by atoms with E-state index in [4.69, 9.17) is 15.0 Å². The van der Waals surface area contributed by atoms with Gasteiger partial charge in [-0.3, -0.25) is 4.98 Å². The molecule has 32 heavy (non-hydrogen) atoms. The van der Waals surface area contributed by atoms with Crippen LogP contribution in [-0.4, -0.2) is 54.9 Å². The molecule has 1 aromatic carbocycles. The van der Waals surface area contributed by atoms with Crippen LogP contribution < -0.4 is 4.72 Å². The van der Waals surface area contributed by atoms with Crippen LogP contribution in [0.2, 0.25) is 0 Å². The van der Waals surface area contributed by atoms with Gasteiger partial charge in [0.25, 0.3) is 0 Å². The third kappa shape index (κ3) is 6.28. The van der Waals surface area contributed by atoms with Gasteiger partial charge >= 0.3 is 6.09 Å². The number of nitrogens with one attached hydrogen (secondary N) is 1. The summed E-state index contributed by atoms with van der Waals surface area (Å²) in [6, 6.07) is 16.1. The number of rotatable bonds is 7. The molecule has 1 fully saturated rings. The molecule has 170 valence electrons. The zero-order valence-corrected chi connectivity index (χ0v) is 19.1. The van der Waals surface area contributed by atoms with Crippen molar-refractivity contribution in [1.82, 2.24) is 14.6 Å². The number of likely N-dealkylation sites (tertiary alicyclic amines) is 1. The Bertz CT molecular complexity index is 1070. The maximum Gasteiger partial charge on any atom is 0.410 e. The SMILES string of the molecule is CC(C)OC(=O)N1CCC[C@H](NS(=O)(=O)CC#N)[C@@H]1Cc1cccc(-c2ccccc2)n1. The molecular weight excluding hydrogens is 428 g/mol. The largest absolute Gasteiger partial charge is 0.447 e. The van der Waals surface area contributed by atoms with Crippen molar-refractivity contribution in [3.05, 3.63) is 54.2 Å². The Morgan fingerprint density at radius 2 is 2.00 bits per heavy atom. The van der Waals surface area contributed by atoms with Crippen LogP contribution in [0, 0.1) is 11.3 Å². The molecule has 0 radical (unpaired) electrons. The number of ether oxygens (including phenoxy) is 1. The highest BCUT2D eigenvalue weighted by Gasteiger charge is 2.37. The Balaban J connectivity index is 1.90. The fourth-order valence-corrected chi connectivity index (χ4v) is 4.87. The monoisotopic (exact) mass is 456 g/mol. The quantitative estimate of drug-likeness (QED) is 0.685. The van der Waals surface area contributed by atoms with E-state index >= 15 is 0 Å². The minimum absolute atomic E-state index is 0.293. The van der Waals surface area contributed by atoms with Gasteiger partial charge in [-0.1, -0.05) is 36.4 Å². The number of nitrogens with zero attached hydrogens (tertiary/aromatic N) is 3. The first-order chi connectivity index (χ1) is 15.3. The second-order valence-corrected chi connectivity index (χ2v) is 9.82. The number of carbonyl (C=O) groups excluding carboxylic acids is 1. The summed E-state index contributed by atoms with van der Waals surface area (Å²) in [6.45, 7) is 4.01. The molecule has 1 aliphatic heterocycles. The number of benzene rings is 1. The van der Waals surface area contributed by atoms with Crippen molar-refractivity contribution in [2.24, 2.45) is 0 Å². The van der Waals surface area contributed by atoms with Crippen LogP contribution in [0.25, 0.3) is 11.3 Å². The molecule has 2 atom stereocenters. The van der Waals surface area contributed by atoms with Crippen molar-refractivity contribution >= 4 is 16.1 Å². The molecular formula is C23H28N4O4S. The number of carbonyl (C=O) groups is 1. The molecule has 0 bridgehead atoms. The van der Waals surface area contributed by atoms with E-state index in [1.807, 2.05) is 48.5 Å². The number of pyridine rings is 1. The maximum absolute atomic E-state index is 12.8. The van der Waals surface area contributed by atoms with Gasteiger partial charge in [-0.2, -0.15) is 5.26 Å². The Morgan fingerprint density at radius 3 is 2.69 bits per heavy atom. The van der Waals surface area contributed by atoms with Crippen LogP contribution in [0.5, 0.6) is 0 Å².